The van der Waals surface area contributed by atoms with Crippen LogP contribution in [-0.2, 0) is 14.3 Å². The van der Waals surface area contributed by atoms with Gasteiger partial charge >= 0.3 is 5.97 Å². The van der Waals surface area contributed by atoms with Gasteiger partial charge in [0.15, 0.2) is 0 Å². The maximum absolute atomic E-state index is 13.2. The Kier molecular flexibility index (Phi) is 43.1. The van der Waals surface area contributed by atoms with E-state index in [1.54, 1.807) is 0 Å². The maximum Gasteiger partial charge on any atom is 0.306 e. The van der Waals surface area contributed by atoms with Crippen molar-refractivity contribution in [2.45, 2.75) is 296 Å². The van der Waals surface area contributed by atoms with E-state index in [1.165, 1.54) is 186 Å². The van der Waals surface area contributed by atoms with Crippen molar-refractivity contribution in [2.75, 3.05) is 6.61 Å². The number of carbonyl (C=O) groups is 2. The van der Waals surface area contributed by atoms with Gasteiger partial charge in [-0.05, 0) is 25.7 Å². The van der Waals surface area contributed by atoms with Crippen LogP contribution in [0.4, 0.5) is 0 Å². The minimum atomic E-state index is -0.778. The van der Waals surface area contributed by atoms with Crippen LogP contribution < -0.4 is 5.32 Å². The van der Waals surface area contributed by atoms with Crippen LogP contribution in [0.5, 0.6) is 0 Å². The van der Waals surface area contributed by atoms with Crippen LogP contribution in [0.15, 0.2) is 0 Å². The third kappa shape index (κ3) is 39.5. The molecule has 55 heavy (non-hydrogen) atoms. The summed E-state index contributed by atoms with van der Waals surface area (Å²) in [4.78, 5) is 26.0. The fraction of sp³-hybridized carbons (Fsp3) is 0.959. The third-order valence-corrected chi connectivity index (χ3v) is 11.7. The third-order valence-electron chi connectivity index (χ3n) is 11.7. The Hall–Kier alpha value is -1.14. The van der Waals surface area contributed by atoms with Crippen molar-refractivity contribution in [1.29, 1.82) is 0 Å². The van der Waals surface area contributed by atoms with E-state index in [9.17, 15) is 19.8 Å². The standard InChI is InChI=1S/C49H97NO5/c1-4-7-10-13-16-19-22-24-26-28-31-34-37-40-45(55-49(54)42-39-36-33-30-21-18-15-12-9-6-3)43-48(53)50-46(44-51)47(52)41-38-35-32-29-27-25-23-20-17-14-11-8-5-2/h45-47,51-52H,4-44H2,1-3H3,(H,50,53). The number of hydrogen-bond acceptors (Lipinski definition) is 5. The van der Waals surface area contributed by atoms with Crippen LogP contribution >= 0.6 is 0 Å². The van der Waals surface area contributed by atoms with E-state index in [4.69, 9.17) is 4.74 Å². The number of unbranched alkanes of at least 4 members (excludes halogenated alkanes) is 33. The second kappa shape index (κ2) is 44.0. The van der Waals surface area contributed by atoms with Crippen LogP contribution in [0.25, 0.3) is 0 Å². The first-order valence-corrected chi connectivity index (χ1v) is 24.8. The molecule has 3 unspecified atom stereocenters. The fourth-order valence-corrected chi connectivity index (χ4v) is 7.90. The Morgan fingerprint density at radius 1 is 0.455 bits per heavy atom. The van der Waals surface area contributed by atoms with Gasteiger partial charge in [0.1, 0.15) is 6.10 Å². The van der Waals surface area contributed by atoms with Crippen LogP contribution in [0.3, 0.4) is 0 Å². The Bertz CT molecular complexity index is 791. The molecule has 1 amide bonds. The lowest BCUT2D eigenvalue weighted by Gasteiger charge is -2.24. The summed E-state index contributed by atoms with van der Waals surface area (Å²) in [6.45, 7) is 6.49. The average Bonchev–Trinajstić information content (AvgIpc) is 3.18. The average molecular weight is 780 g/mol. The molecule has 0 rings (SSSR count). The molecule has 3 atom stereocenters. The quantitative estimate of drug-likeness (QED) is 0.0422. The Morgan fingerprint density at radius 2 is 0.764 bits per heavy atom. The summed E-state index contributed by atoms with van der Waals surface area (Å²) in [5, 5.41) is 23.7. The van der Waals surface area contributed by atoms with Gasteiger partial charge in [-0.25, -0.2) is 0 Å². The largest absolute Gasteiger partial charge is 0.462 e. The lowest BCUT2D eigenvalue weighted by atomic mass is 10.0. The van der Waals surface area contributed by atoms with Gasteiger partial charge in [-0.15, -0.1) is 0 Å². The highest BCUT2D eigenvalue weighted by atomic mass is 16.5. The van der Waals surface area contributed by atoms with Crippen LogP contribution in [0, 0.1) is 0 Å². The van der Waals surface area contributed by atoms with E-state index in [-0.39, 0.29) is 24.9 Å². The molecule has 0 aliphatic heterocycles. The van der Waals surface area contributed by atoms with E-state index in [2.05, 4.69) is 26.1 Å². The summed E-state index contributed by atoms with van der Waals surface area (Å²) in [6.07, 6.45) is 45.9. The molecule has 0 radical (unpaired) electrons. The van der Waals surface area contributed by atoms with Gasteiger partial charge < -0.3 is 20.3 Å². The van der Waals surface area contributed by atoms with Gasteiger partial charge in [0.2, 0.25) is 5.91 Å². The minimum Gasteiger partial charge on any atom is -0.462 e. The van der Waals surface area contributed by atoms with Crippen LogP contribution in [0.1, 0.15) is 278 Å². The molecule has 6 heteroatoms. The lowest BCUT2D eigenvalue weighted by Crippen LogP contribution is -2.46. The number of rotatable bonds is 45. The Balaban J connectivity index is 4.51. The van der Waals surface area contributed by atoms with Crippen molar-refractivity contribution in [3.05, 3.63) is 0 Å². The normalized spacial score (nSPS) is 13.2. The number of esters is 1. The molecule has 0 bridgehead atoms. The van der Waals surface area contributed by atoms with Gasteiger partial charge in [-0.2, -0.15) is 0 Å². The fourth-order valence-electron chi connectivity index (χ4n) is 7.90. The summed E-state index contributed by atoms with van der Waals surface area (Å²) in [5.41, 5.74) is 0. The predicted molar refractivity (Wildman–Crippen MR) is 237 cm³/mol. The van der Waals surface area contributed by atoms with Crippen molar-refractivity contribution in [3.8, 4) is 0 Å². The highest BCUT2D eigenvalue weighted by Crippen LogP contribution is 2.18. The molecule has 0 aliphatic rings. The molecule has 328 valence electrons. The molecule has 6 nitrogen and oxygen atoms in total. The highest BCUT2D eigenvalue weighted by molar-refractivity contribution is 5.77. The molecule has 0 aromatic carbocycles. The number of ether oxygens (including phenoxy) is 1. The minimum absolute atomic E-state index is 0.0873. The van der Waals surface area contributed by atoms with E-state index in [0.717, 1.165) is 44.9 Å². The number of hydrogen-bond donors (Lipinski definition) is 3. The predicted octanol–water partition coefficient (Wildman–Crippen LogP) is 14.4. The van der Waals surface area contributed by atoms with E-state index >= 15 is 0 Å². The summed E-state index contributed by atoms with van der Waals surface area (Å²) in [6, 6.07) is -0.691. The van der Waals surface area contributed by atoms with E-state index < -0.39 is 18.2 Å². The monoisotopic (exact) mass is 780 g/mol. The summed E-state index contributed by atoms with van der Waals surface area (Å²) in [7, 11) is 0. The zero-order chi connectivity index (χ0) is 40.3. The first-order valence-electron chi connectivity index (χ1n) is 24.8. The Labute approximate surface area is 343 Å². The Morgan fingerprint density at radius 3 is 1.11 bits per heavy atom. The topological polar surface area (TPSA) is 95.9 Å². The van der Waals surface area contributed by atoms with Crippen LogP contribution in [0.2, 0.25) is 0 Å². The number of aliphatic hydroxyl groups is 2. The zero-order valence-corrected chi connectivity index (χ0v) is 37.3. The molecule has 0 spiro atoms. The van der Waals surface area contributed by atoms with Gasteiger partial charge in [0.05, 0.1) is 25.2 Å². The van der Waals surface area contributed by atoms with Crippen molar-refractivity contribution in [3.63, 3.8) is 0 Å². The molecular formula is C49H97NO5. The van der Waals surface area contributed by atoms with Crippen molar-refractivity contribution in [2.24, 2.45) is 0 Å². The second-order valence-corrected chi connectivity index (χ2v) is 17.2. The van der Waals surface area contributed by atoms with Gasteiger partial charge in [0, 0.05) is 6.42 Å². The molecule has 0 fully saturated rings. The van der Waals surface area contributed by atoms with Gasteiger partial charge in [-0.1, -0.05) is 239 Å². The molecule has 3 N–H and O–H groups in total. The van der Waals surface area contributed by atoms with Crippen molar-refractivity contribution in [1.82, 2.24) is 5.32 Å². The number of amides is 1. The molecule has 0 aromatic rings. The smallest absolute Gasteiger partial charge is 0.306 e. The molecule has 0 heterocycles. The summed E-state index contributed by atoms with van der Waals surface area (Å²) >= 11 is 0. The first-order chi connectivity index (χ1) is 27.0. The molecule has 0 saturated carbocycles. The number of carbonyl (C=O) groups excluding carboxylic acids is 2. The maximum atomic E-state index is 13.2. The number of nitrogens with one attached hydrogen (secondary N) is 1. The molecule has 0 saturated heterocycles. The van der Waals surface area contributed by atoms with Crippen LogP contribution in [-0.4, -0.2) is 46.9 Å². The lowest BCUT2D eigenvalue weighted by molar-refractivity contribution is -0.151. The SMILES string of the molecule is CCCCCCCCCCCCCCCC(CC(=O)NC(CO)C(O)CCCCCCCCCCCCCCC)OC(=O)CCCCCCCCCCCC. The van der Waals surface area contributed by atoms with Crippen molar-refractivity contribution < 1.29 is 24.5 Å². The van der Waals surface area contributed by atoms with Crippen molar-refractivity contribution >= 4 is 11.9 Å². The molecule has 0 aromatic heterocycles. The van der Waals surface area contributed by atoms with Gasteiger partial charge in [-0.3, -0.25) is 9.59 Å². The molecule has 0 aliphatic carbocycles. The van der Waals surface area contributed by atoms with E-state index in [1.807, 2.05) is 0 Å². The van der Waals surface area contributed by atoms with E-state index in [0.29, 0.717) is 19.3 Å². The first kappa shape index (κ1) is 53.9. The summed E-state index contributed by atoms with van der Waals surface area (Å²) < 4.78 is 5.91. The molecular weight excluding hydrogens is 683 g/mol. The zero-order valence-electron chi connectivity index (χ0n) is 37.3. The second-order valence-electron chi connectivity index (χ2n) is 17.2. The highest BCUT2D eigenvalue weighted by Gasteiger charge is 2.24. The number of aliphatic hydroxyl groups excluding tert-OH is 2. The van der Waals surface area contributed by atoms with Gasteiger partial charge in [0.25, 0.3) is 0 Å². The summed E-state index contributed by atoms with van der Waals surface area (Å²) in [5.74, 6) is -0.455.